The summed E-state index contributed by atoms with van der Waals surface area (Å²) in [6.07, 6.45) is 2.78. The van der Waals surface area contributed by atoms with Gasteiger partial charge in [0.1, 0.15) is 22.6 Å². The molecule has 0 bridgehead atoms. The number of carboxylic acids is 1. The molecule has 0 unspecified atom stereocenters. The highest BCUT2D eigenvalue weighted by Crippen LogP contribution is 2.22. The third kappa shape index (κ3) is 4.91. The van der Waals surface area contributed by atoms with E-state index >= 15 is 0 Å². The minimum Gasteiger partial charge on any atom is -0.506 e. The lowest BCUT2D eigenvalue weighted by atomic mass is 10.1. The zero-order valence-electron chi connectivity index (χ0n) is 14.5. The maximum atomic E-state index is 11.5. The summed E-state index contributed by atoms with van der Waals surface area (Å²) in [7, 11) is 1.23. The van der Waals surface area contributed by atoms with Gasteiger partial charge in [0, 0.05) is 23.6 Å². The van der Waals surface area contributed by atoms with Crippen molar-refractivity contribution in [1.29, 1.82) is 0 Å². The van der Waals surface area contributed by atoms with E-state index in [9.17, 15) is 19.8 Å². The number of aromatic carboxylic acids is 1. The Labute approximate surface area is 155 Å². The molecule has 0 aliphatic heterocycles. The number of esters is 1. The van der Waals surface area contributed by atoms with Gasteiger partial charge in [-0.2, -0.15) is 0 Å². The highest BCUT2D eigenvalue weighted by Gasteiger charge is 2.13. The molecule has 0 spiro atoms. The minimum atomic E-state index is -1.22. The summed E-state index contributed by atoms with van der Waals surface area (Å²) in [6, 6.07) is 9.01. The SMILES string of the molecule is COC(=O)c1cccc(C=NCCN=Cc2cccc(C(=O)O)c2O)c1O. The number of rotatable bonds is 7. The lowest BCUT2D eigenvalue weighted by molar-refractivity contribution is 0.0596. The number of methoxy groups -OCH3 is 1. The van der Waals surface area contributed by atoms with E-state index in [0.29, 0.717) is 11.1 Å². The first-order chi connectivity index (χ1) is 13.0. The summed E-state index contributed by atoms with van der Waals surface area (Å²) in [5.41, 5.74) is 0.516. The highest BCUT2D eigenvalue weighted by molar-refractivity contribution is 5.97. The van der Waals surface area contributed by atoms with Crippen LogP contribution in [0.5, 0.6) is 11.5 Å². The Morgan fingerprint density at radius 1 is 0.926 bits per heavy atom. The second-order valence-electron chi connectivity index (χ2n) is 5.35. The Kier molecular flexibility index (Phi) is 6.65. The van der Waals surface area contributed by atoms with E-state index in [1.165, 1.54) is 37.7 Å². The van der Waals surface area contributed by atoms with E-state index in [1.54, 1.807) is 18.2 Å². The van der Waals surface area contributed by atoms with Crippen LogP contribution >= 0.6 is 0 Å². The second kappa shape index (κ2) is 9.14. The van der Waals surface area contributed by atoms with Gasteiger partial charge in [0.05, 0.1) is 20.2 Å². The van der Waals surface area contributed by atoms with Gasteiger partial charge in [0.2, 0.25) is 0 Å². The number of aliphatic imine (C=N–C) groups is 2. The van der Waals surface area contributed by atoms with Crippen LogP contribution in [0.15, 0.2) is 46.4 Å². The largest absolute Gasteiger partial charge is 0.506 e. The number of benzene rings is 2. The number of phenolic OH excluding ortho intramolecular Hbond substituents is 1. The van der Waals surface area contributed by atoms with Gasteiger partial charge >= 0.3 is 11.9 Å². The number of ether oxygens (including phenoxy) is 1. The fraction of sp³-hybridized carbons (Fsp3) is 0.158. The van der Waals surface area contributed by atoms with Gasteiger partial charge < -0.3 is 20.1 Å². The molecule has 0 atom stereocenters. The van der Waals surface area contributed by atoms with Crippen molar-refractivity contribution in [1.82, 2.24) is 0 Å². The first-order valence-electron chi connectivity index (χ1n) is 7.91. The molecule has 2 aromatic carbocycles. The van der Waals surface area contributed by atoms with Crippen LogP contribution in [0.2, 0.25) is 0 Å². The molecule has 140 valence electrons. The van der Waals surface area contributed by atoms with E-state index in [-0.39, 0.29) is 35.7 Å². The molecule has 0 aliphatic carbocycles. The van der Waals surface area contributed by atoms with Crippen LogP contribution in [0.4, 0.5) is 0 Å². The molecule has 0 fully saturated rings. The zero-order valence-corrected chi connectivity index (χ0v) is 14.5. The Bertz CT molecular complexity index is 905. The normalized spacial score (nSPS) is 11.1. The highest BCUT2D eigenvalue weighted by atomic mass is 16.5. The van der Waals surface area contributed by atoms with Crippen molar-refractivity contribution in [3.05, 3.63) is 58.7 Å². The standard InChI is InChI=1S/C19H18N2O6/c1-27-19(26)15-7-3-5-13(17(15)23)11-21-9-8-20-10-12-4-2-6-14(16(12)22)18(24)25/h2-7,10-11,22-23H,8-9H2,1H3,(H,24,25). The Balaban J connectivity index is 1.98. The van der Waals surface area contributed by atoms with Crippen molar-refractivity contribution in [3.8, 4) is 11.5 Å². The van der Waals surface area contributed by atoms with E-state index < -0.39 is 11.9 Å². The van der Waals surface area contributed by atoms with Crippen LogP contribution in [-0.4, -0.2) is 59.9 Å². The number of carbonyl (C=O) groups excluding carboxylic acids is 1. The molecule has 27 heavy (non-hydrogen) atoms. The summed E-state index contributed by atoms with van der Waals surface area (Å²) in [5, 5.41) is 28.9. The average molecular weight is 370 g/mol. The van der Waals surface area contributed by atoms with Crippen molar-refractivity contribution in [2.45, 2.75) is 0 Å². The molecule has 0 saturated carbocycles. The van der Waals surface area contributed by atoms with Crippen molar-refractivity contribution >= 4 is 24.4 Å². The number of phenols is 2. The predicted molar refractivity (Wildman–Crippen MR) is 99.4 cm³/mol. The monoisotopic (exact) mass is 370 g/mol. The maximum Gasteiger partial charge on any atom is 0.341 e. The molecule has 0 aliphatic rings. The Morgan fingerprint density at radius 2 is 1.41 bits per heavy atom. The fourth-order valence-corrected chi connectivity index (χ4v) is 2.22. The summed E-state index contributed by atoms with van der Waals surface area (Å²) in [5.74, 6) is -2.43. The predicted octanol–water partition coefficient (Wildman–Crippen LogP) is 2.12. The number of carboxylic acid groups (broad SMARTS) is 1. The van der Waals surface area contributed by atoms with Crippen LogP contribution in [0.25, 0.3) is 0 Å². The minimum absolute atomic E-state index is 0.0493. The quantitative estimate of drug-likeness (QED) is 0.389. The molecule has 3 N–H and O–H groups in total. The van der Waals surface area contributed by atoms with Gasteiger partial charge in [-0.3, -0.25) is 9.98 Å². The molecule has 0 saturated heterocycles. The van der Waals surface area contributed by atoms with E-state index in [2.05, 4.69) is 14.7 Å². The van der Waals surface area contributed by atoms with Crippen molar-refractivity contribution < 1.29 is 29.6 Å². The molecule has 0 heterocycles. The zero-order chi connectivity index (χ0) is 19.8. The number of hydrogen-bond acceptors (Lipinski definition) is 7. The number of para-hydroxylation sites is 2. The van der Waals surface area contributed by atoms with Gasteiger partial charge in [-0.05, 0) is 24.3 Å². The average Bonchev–Trinajstić information content (AvgIpc) is 2.66. The summed E-state index contributed by atoms with van der Waals surface area (Å²) in [4.78, 5) is 30.7. The van der Waals surface area contributed by atoms with Crippen LogP contribution in [0.3, 0.4) is 0 Å². The number of carbonyl (C=O) groups is 2. The Hall–Kier alpha value is -3.68. The van der Waals surface area contributed by atoms with Gasteiger partial charge in [-0.25, -0.2) is 9.59 Å². The second-order valence-corrected chi connectivity index (χ2v) is 5.35. The molecule has 2 rings (SSSR count). The summed E-state index contributed by atoms with van der Waals surface area (Å²) >= 11 is 0. The van der Waals surface area contributed by atoms with Crippen LogP contribution in [-0.2, 0) is 4.74 Å². The molecule has 2 aromatic rings. The molecule has 0 radical (unpaired) electrons. The topological polar surface area (TPSA) is 129 Å². The molecule has 0 amide bonds. The fourth-order valence-electron chi connectivity index (χ4n) is 2.22. The molecule has 0 aromatic heterocycles. The van der Waals surface area contributed by atoms with Crippen LogP contribution in [0, 0.1) is 0 Å². The van der Waals surface area contributed by atoms with Crippen molar-refractivity contribution in [2.24, 2.45) is 9.98 Å². The van der Waals surface area contributed by atoms with E-state index in [0.717, 1.165) is 0 Å². The van der Waals surface area contributed by atoms with Crippen molar-refractivity contribution in [2.75, 3.05) is 20.2 Å². The van der Waals surface area contributed by atoms with E-state index in [1.807, 2.05) is 0 Å². The van der Waals surface area contributed by atoms with Gasteiger partial charge in [-0.1, -0.05) is 12.1 Å². The van der Waals surface area contributed by atoms with Gasteiger partial charge in [0.25, 0.3) is 0 Å². The van der Waals surface area contributed by atoms with Crippen molar-refractivity contribution in [3.63, 3.8) is 0 Å². The summed E-state index contributed by atoms with van der Waals surface area (Å²) < 4.78 is 4.58. The molecule has 8 nitrogen and oxygen atoms in total. The Morgan fingerprint density at radius 3 is 1.89 bits per heavy atom. The molecule has 8 heteroatoms. The number of hydrogen-bond donors (Lipinski definition) is 3. The molecular weight excluding hydrogens is 352 g/mol. The lowest BCUT2D eigenvalue weighted by Crippen LogP contribution is -2.02. The van der Waals surface area contributed by atoms with Gasteiger partial charge in [0.15, 0.2) is 0 Å². The van der Waals surface area contributed by atoms with E-state index in [4.69, 9.17) is 5.11 Å². The number of aromatic hydroxyl groups is 2. The third-order valence-electron chi connectivity index (χ3n) is 3.59. The van der Waals surface area contributed by atoms with Crippen LogP contribution in [0.1, 0.15) is 31.8 Å². The first kappa shape index (κ1) is 19.6. The summed E-state index contributed by atoms with van der Waals surface area (Å²) in [6.45, 7) is 0.572. The maximum absolute atomic E-state index is 11.5. The lowest BCUT2D eigenvalue weighted by Gasteiger charge is -2.04. The first-order valence-corrected chi connectivity index (χ1v) is 7.91. The third-order valence-corrected chi connectivity index (χ3v) is 3.59. The smallest absolute Gasteiger partial charge is 0.341 e. The molecular formula is C19H18N2O6. The number of nitrogens with zero attached hydrogens (tertiary/aromatic N) is 2. The van der Waals surface area contributed by atoms with Gasteiger partial charge in [-0.15, -0.1) is 0 Å². The van der Waals surface area contributed by atoms with Crippen LogP contribution < -0.4 is 0 Å².